The average molecular weight is 259 g/mol. The van der Waals surface area contributed by atoms with E-state index >= 15 is 0 Å². The standard InChI is InChI=1S/C15H21N3O/c16-10-9-12-3-5-14(6-4-12)18-15(19)8-7-13-2-1-11-17-13/h1-2,11-12,14,17H,3-9H2,(H,18,19). The number of aryl methyl sites for hydroxylation is 1. The molecule has 0 unspecified atom stereocenters. The molecule has 1 aromatic heterocycles. The highest BCUT2D eigenvalue weighted by Crippen LogP contribution is 2.26. The summed E-state index contributed by atoms with van der Waals surface area (Å²) < 4.78 is 0. The first kappa shape index (κ1) is 13.7. The molecule has 102 valence electrons. The van der Waals surface area contributed by atoms with Gasteiger partial charge in [0, 0.05) is 30.8 Å². The molecule has 1 fully saturated rings. The van der Waals surface area contributed by atoms with E-state index in [1.807, 2.05) is 18.3 Å². The minimum absolute atomic E-state index is 0.137. The number of amides is 1. The molecule has 1 aromatic rings. The number of rotatable bonds is 5. The molecule has 19 heavy (non-hydrogen) atoms. The predicted molar refractivity (Wildman–Crippen MR) is 73.2 cm³/mol. The summed E-state index contributed by atoms with van der Waals surface area (Å²) in [6, 6.07) is 6.50. The molecular weight excluding hydrogens is 238 g/mol. The van der Waals surface area contributed by atoms with E-state index in [0.29, 0.717) is 24.8 Å². The topological polar surface area (TPSA) is 68.7 Å². The first-order chi connectivity index (χ1) is 9.28. The number of nitrogens with one attached hydrogen (secondary N) is 2. The summed E-state index contributed by atoms with van der Waals surface area (Å²) in [6.45, 7) is 0. The smallest absolute Gasteiger partial charge is 0.220 e. The van der Waals surface area contributed by atoms with Crippen LogP contribution in [0.2, 0.25) is 0 Å². The summed E-state index contributed by atoms with van der Waals surface area (Å²) in [5.74, 6) is 0.676. The fourth-order valence-corrected chi connectivity index (χ4v) is 2.71. The van der Waals surface area contributed by atoms with Crippen LogP contribution in [0.3, 0.4) is 0 Å². The second-order valence-electron chi connectivity index (χ2n) is 5.34. The molecule has 2 rings (SSSR count). The molecule has 1 aliphatic rings. The molecule has 1 amide bonds. The third-order valence-electron chi connectivity index (χ3n) is 3.88. The van der Waals surface area contributed by atoms with Gasteiger partial charge in [0.25, 0.3) is 0 Å². The summed E-state index contributed by atoms with van der Waals surface area (Å²) in [5, 5.41) is 11.8. The average Bonchev–Trinajstić information content (AvgIpc) is 2.92. The van der Waals surface area contributed by atoms with E-state index in [1.165, 1.54) is 0 Å². The lowest BCUT2D eigenvalue weighted by Crippen LogP contribution is -2.37. The first-order valence-electron chi connectivity index (χ1n) is 7.06. The minimum atomic E-state index is 0.137. The van der Waals surface area contributed by atoms with Gasteiger partial charge in [0.15, 0.2) is 0 Å². The van der Waals surface area contributed by atoms with Gasteiger partial charge in [-0.05, 0) is 50.2 Å². The van der Waals surface area contributed by atoms with Gasteiger partial charge >= 0.3 is 0 Å². The molecule has 0 saturated heterocycles. The molecule has 0 radical (unpaired) electrons. The second kappa shape index (κ2) is 6.98. The molecule has 0 atom stereocenters. The van der Waals surface area contributed by atoms with Crippen LogP contribution in [0.15, 0.2) is 18.3 Å². The molecule has 1 aliphatic carbocycles. The summed E-state index contributed by atoms with van der Waals surface area (Å²) in [5.41, 5.74) is 1.10. The maximum atomic E-state index is 11.8. The van der Waals surface area contributed by atoms with Crippen LogP contribution < -0.4 is 5.32 Å². The van der Waals surface area contributed by atoms with E-state index in [1.54, 1.807) is 0 Å². The molecule has 0 bridgehead atoms. The van der Waals surface area contributed by atoms with Gasteiger partial charge in [0.1, 0.15) is 0 Å². The highest BCUT2D eigenvalue weighted by atomic mass is 16.1. The predicted octanol–water partition coefficient (Wildman–Crippen LogP) is 2.54. The molecule has 1 saturated carbocycles. The minimum Gasteiger partial charge on any atom is -0.365 e. The summed E-state index contributed by atoms with van der Waals surface area (Å²) in [7, 11) is 0. The van der Waals surface area contributed by atoms with Gasteiger partial charge < -0.3 is 10.3 Å². The van der Waals surface area contributed by atoms with Crippen molar-refractivity contribution >= 4 is 5.91 Å². The van der Waals surface area contributed by atoms with Crippen LogP contribution in [0.1, 0.15) is 44.2 Å². The van der Waals surface area contributed by atoms with Crippen LogP contribution in [-0.2, 0) is 11.2 Å². The fraction of sp³-hybridized carbons (Fsp3) is 0.600. The normalized spacial score (nSPS) is 22.7. The Labute approximate surface area is 114 Å². The molecule has 2 N–H and O–H groups in total. The monoisotopic (exact) mass is 259 g/mol. The van der Waals surface area contributed by atoms with Crippen molar-refractivity contribution in [1.82, 2.24) is 10.3 Å². The number of aromatic nitrogens is 1. The van der Waals surface area contributed by atoms with Crippen LogP contribution in [0, 0.1) is 17.2 Å². The van der Waals surface area contributed by atoms with Crippen molar-refractivity contribution in [3.8, 4) is 6.07 Å². The zero-order valence-electron chi connectivity index (χ0n) is 11.2. The van der Waals surface area contributed by atoms with Crippen LogP contribution >= 0.6 is 0 Å². The summed E-state index contributed by atoms with van der Waals surface area (Å²) >= 11 is 0. The van der Waals surface area contributed by atoms with Crippen molar-refractivity contribution in [3.05, 3.63) is 24.0 Å². The fourth-order valence-electron chi connectivity index (χ4n) is 2.71. The maximum Gasteiger partial charge on any atom is 0.220 e. The Balaban J connectivity index is 1.65. The van der Waals surface area contributed by atoms with E-state index in [-0.39, 0.29) is 5.91 Å². The maximum absolute atomic E-state index is 11.8. The quantitative estimate of drug-likeness (QED) is 0.853. The number of aromatic amines is 1. The second-order valence-corrected chi connectivity index (χ2v) is 5.34. The van der Waals surface area contributed by atoms with Crippen molar-refractivity contribution in [2.75, 3.05) is 0 Å². The van der Waals surface area contributed by atoms with Crippen molar-refractivity contribution in [3.63, 3.8) is 0 Å². The number of nitrogens with zero attached hydrogens (tertiary/aromatic N) is 1. The first-order valence-corrected chi connectivity index (χ1v) is 7.06. The van der Waals surface area contributed by atoms with E-state index in [0.717, 1.165) is 37.8 Å². The molecule has 1 heterocycles. The Morgan fingerprint density at radius 1 is 1.42 bits per heavy atom. The SMILES string of the molecule is N#CCC1CCC(NC(=O)CCc2ccc[nH]2)CC1. The lowest BCUT2D eigenvalue weighted by atomic mass is 9.84. The van der Waals surface area contributed by atoms with E-state index in [4.69, 9.17) is 5.26 Å². The van der Waals surface area contributed by atoms with Crippen molar-refractivity contribution in [2.24, 2.45) is 5.92 Å². The van der Waals surface area contributed by atoms with Crippen molar-refractivity contribution < 1.29 is 4.79 Å². The largest absolute Gasteiger partial charge is 0.365 e. The van der Waals surface area contributed by atoms with Gasteiger partial charge in [0.2, 0.25) is 5.91 Å². The number of carbonyl (C=O) groups is 1. The van der Waals surface area contributed by atoms with Crippen molar-refractivity contribution in [1.29, 1.82) is 5.26 Å². The summed E-state index contributed by atoms with van der Waals surface area (Å²) in [6.07, 6.45) is 8.00. The third kappa shape index (κ3) is 4.44. The lowest BCUT2D eigenvalue weighted by Gasteiger charge is -2.27. The Morgan fingerprint density at radius 2 is 2.21 bits per heavy atom. The highest BCUT2D eigenvalue weighted by Gasteiger charge is 2.21. The lowest BCUT2D eigenvalue weighted by molar-refractivity contribution is -0.122. The van der Waals surface area contributed by atoms with Gasteiger partial charge in [0.05, 0.1) is 6.07 Å². The Hall–Kier alpha value is -1.76. The van der Waals surface area contributed by atoms with Crippen LogP contribution in [0.5, 0.6) is 0 Å². The molecule has 4 nitrogen and oxygen atoms in total. The van der Waals surface area contributed by atoms with Gasteiger partial charge in [-0.25, -0.2) is 0 Å². The van der Waals surface area contributed by atoms with Gasteiger partial charge in [-0.15, -0.1) is 0 Å². The van der Waals surface area contributed by atoms with Gasteiger partial charge in [-0.1, -0.05) is 0 Å². The molecule has 4 heteroatoms. The number of H-pyrrole nitrogens is 1. The third-order valence-corrected chi connectivity index (χ3v) is 3.88. The Morgan fingerprint density at radius 3 is 2.84 bits per heavy atom. The number of nitriles is 1. The van der Waals surface area contributed by atoms with Gasteiger partial charge in [-0.3, -0.25) is 4.79 Å². The van der Waals surface area contributed by atoms with Crippen molar-refractivity contribution in [2.45, 2.75) is 51.0 Å². The summed E-state index contributed by atoms with van der Waals surface area (Å²) in [4.78, 5) is 14.9. The molecule has 0 aliphatic heterocycles. The van der Waals surface area contributed by atoms with Crippen LogP contribution in [0.4, 0.5) is 0 Å². The Kier molecular flexibility index (Phi) is 5.02. The molecule has 0 spiro atoms. The van der Waals surface area contributed by atoms with Crippen LogP contribution in [-0.4, -0.2) is 16.9 Å². The zero-order chi connectivity index (χ0) is 13.5. The van der Waals surface area contributed by atoms with Crippen LogP contribution in [0.25, 0.3) is 0 Å². The molecule has 0 aromatic carbocycles. The number of hydrogen-bond donors (Lipinski definition) is 2. The highest BCUT2D eigenvalue weighted by molar-refractivity contribution is 5.76. The molecular formula is C15H21N3O. The number of carbonyl (C=O) groups excluding carboxylic acids is 1. The zero-order valence-corrected chi connectivity index (χ0v) is 11.2. The van der Waals surface area contributed by atoms with E-state index in [2.05, 4.69) is 16.4 Å². The van der Waals surface area contributed by atoms with E-state index < -0.39 is 0 Å². The van der Waals surface area contributed by atoms with Gasteiger partial charge in [-0.2, -0.15) is 5.26 Å². The Bertz CT molecular complexity index is 425. The number of hydrogen-bond acceptors (Lipinski definition) is 2. The van der Waals surface area contributed by atoms with E-state index in [9.17, 15) is 4.79 Å².